The zero-order valence-electron chi connectivity index (χ0n) is 10.2. The number of nitro groups is 1. The molecule has 0 aliphatic heterocycles. The van der Waals surface area contributed by atoms with Crippen LogP contribution in [0.15, 0.2) is 18.2 Å². The van der Waals surface area contributed by atoms with Gasteiger partial charge in [0.2, 0.25) is 0 Å². The van der Waals surface area contributed by atoms with E-state index in [1.165, 1.54) is 6.07 Å². The number of rotatable bonds is 4. The molecule has 0 aliphatic carbocycles. The minimum absolute atomic E-state index is 0.0841. The quantitative estimate of drug-likeness (QED) is 0.592. The minimum Gasteiger partial charge on any atom is -0.371 e. The highest BCUT2D eigenvalue weighted by atomic mass is 16.6. The standard InChI is InChI=1S/C12H15N3O2/c1-9-8-11(4-5-12(9)15(16)17)14(3)10(2)6-7-13/h4-5,8,10H,6H2,1-3H3. The van der Waals surface area contributed by atoms with Crippen molar-refractivity contribution < 1.29 is 4.92 Å². The molecule has 1 rings (SSSR count). The first-order valence-electron chi connectivity index (χ1n) is 5.32. The van der Waals surface area contributed by atoms with Gasteiger partial charge >= 0.3 is 0 Å². The Balaban J connectivity index is 2.98. The molecule has 0 heterocycles. The predicted octanol–water partition coefficient (Wildman–Crippen LogP) is 2.64. The van der Waals surface area contributed by atoms with Crippen molar-refractivity contribution in [2.75, 3.05) is 11.9 Å². The molecule has 0 radical (unpaired) electrons. The summed E-state index contributed by atoms with van der Waals surface area (Å²) >= 11 is 0. The summed E-state index contributed by atoms with van der Waals surface area (Å²) in [5.41, 5.74) is 1.63. The van der Waals surface area contributed by atoms with Gasteiger partial charge < -0.3 is 4.90 Å². The molecule has 1 atom stereocenters. The van der Waals surface area contributed by atoms with Crippen LogP contribution < -0.4 is 4.90 Å². The summed E-state index contributed by atoms with van der Waals surface area (Å²) in [5, 5.41) is 19.3. The molecule has 0 aromatic heterocycles. The molecule has 0 amide bonds. The van der Waals surface area contributed by atoms with Crippen LogP contribution in [0.4, 0.5) is 11.4 Å². The van der Waals surface area contributed by atoms with Gasteiger partial charge in [0.15, 0.2) is 0 Å². The average molecular weight is 233 g/mol. The third kappa shape index (κ3) is 2.94. The summed E-state index contributed by atoms with van der Waals surface area (Å²) in [5.74, 6) is 0. The molecule has 1 unspecified atom stereocenters. The van der Waals surface area contributed by atoms with Gasteiger partial charge in [0.25, 0.3) is 5.69 Å². The van der Waals surface area contributed by atoms with Crippen LogP contribution in [-0.2, 0) is 0 Å². The topological polar surface area (TPSA) is 70.2 Å². The molecular weight excluding hydrogens is 218 g/mol. The Hall–Kier alpha value is -2.09. The highest BCUT2D eigenvalue weighted by molar-refractivity contribution is 5.55. The van der Waals surface area contributed by atoms with E-state index in [0.717, 1.165) is 5.69 Å². The van der Waals surface area contributed by atoms with Gasteiger partial charge in [0, 0.05) is 30.4 Å². The number of anilines is 1. The summed E-state index contributed by atoms with van der Waals surface area (Å²) in [7, 11) is 1.88. The Labute approximate surface area is 100 Å². The van der Waals surface area contributed by atoms with Crippen LogP contribution in [0.1, 0.15) is 18.9 Å². The van der Waals surface area contributed by atoms with Crippen LogP contribution >= 0.6 is 0 Å². The second-order valence-electron chi connectivity index (χ2n) is 4.05. The molecule has 0 N–H and O–H groups in total. The Morgan fingerprint density at radius 2 is 2.24 bits per heavy atom. The number of nitro benzene ring substituents is 1. The smallest absolute Gasteiger partial charge is 0.272 e. The van der Waals surface area contributed by atoms with E-state index in [4.69, 9.17) is 5.26 Å². The largest absolute Gasteiger partial charge is 0.371 e. The second kappa shape index (κ2) is 5.30. The van der Waals surface area contributed by atoms with E-state index in [2.05, 4.69) is 6.07 Å². The average Bonchev–Trinajstić information content (AvgIpc) is 2.27. The van der Waals surface area contributed by atoms with Gasteiger partial charge in [-0.1, -0.05) is 0 Å². The maximum atomic E-state index is 10.7. The number of aryl methyl sites for hydroxylation is 1. The lowest BCUT2D eigenvalue weighted by atomic mass is 10.1. The number of nitrogens with zero attached hydrogens (tertiary/aromatic N) is 3. The molecule has 1 aromatic rings. The van der Waals surface area contributed by atoms with E-state index in [1.807, 2.05) is 18.9 Å². The highest BCUT2D eigenvalue weighted by Crippen LogP contribution is 2.24. The van der Waals surface area contributed by atoms with E-state index in [1.54, 1.807) is 19.1 Å². The van der Waals surface area contributed by atoms with Gasteiger partial charge in [-0.15, -0.1) is 0 Å². The van der Waals surface area contributed by atoms with Gasteiger partial charge in [-0.05, 0) is 26.0 Å². The van der Waals surface area contributed by atoms with Crippen molar-refractivity contribution in [2.45, 2.75) is 26.3 Å². The first kappa shape index (κ1) is 13.0. The second-order valence-corrected chi connectivity index (χ2v) is 4.05. The van der Waals surface area contributed by atoms with Gasteiger partial charge in [0.05, 0.1) is 17.4 Å². The molecule has 1 aromatic carbocycles. The van der Waals surface area contributed by atoms with E-state index < -0.39 is 4.92 Å². The number of nitriles is 1. The van der Waals surface area contributed by atoms with Crippen molar-refractivity contribution in [1.82, 2.24) is 0 Å². The normalized spacial score (nSPS) is 11.6. The van der Waals surface area contributed by atoms with Crippen molar-refractivity contribution >= 4 is 11.4 Å². The first-order chi connectivity index (χ1) is 7.97. The van der Waals surface area contributed by atoms with E-state index in [-0.39, 0.29) is 11.7 Å². The third-order valence-electron chi connectivity index (χ3n) is 2.83. The molecule has 0 saturated carbocycles. The maximum absolute atomic E-state index is 10.7. The minimum atomic E-state index is -0.391. The van der Waals surface area contributed by atoms with Crippen LogP contribution in [-0.4, -0.2) is 18.0 Å². The van der Waals surface area contributed by atoms with Gasteiger partial charge in [-0.3, -0.25) is 10.1 Å². The fraction of sp³-hybridized carbons (Fsp3) is 0.417. The monoisotopic (exact) mass is 233 g/mol. The van der Waals surface area contributed by atoms with Crippen molar-refractivity contribution in [1.29, 1.82) is 5.26 Å². The molecule has 17 heavy (non-hydrogen) atoms. The van der Waals surface area contributed by atoms with Crippen molar-refractivity contribution in [3.63, 3.8) is 0 Å². The lowest BCUT2D eigenvalue weighted by Gasteiger charge is -2.25. The fourth-order valence-corrected chi connectivity index (χ4v) is 1.59. The molecular formula is C12H15N3O2. The molecule has 90 valence electrons. The van der Waals surface area contributed by atoms with Gasteiger partial charge in [-0.25, -0.2) is 0 Å². The Morgan fingerprint density at radius 1 is 1.59 bits per heavy atom. The van der Waals surface area contributed by atoms with Crippen LogP contribution in [0.25, 0.3) is 0 Å². The maximum Gasteiger partial charge on any atom is 0.272 e. The molecule has 0 spiro atoms. The summed E-state index contributed by atoms with van der Waals surface area (Å²) in [4.78, 5) is 12.2. The lowest BCUT2D eigenvalue weighted by molar-refractivity contribution is -0.385. The molecule has 0 saturated heterocycles. The highest BCUT2D eigenvalue weighted by Gasteiger charge is 2.14. The molecule has 0 aliphatic rings. The zero-order valence-corrected chi connectivity index (χ0v) is 10.2. The number of hydrogen-bond acceptors (Lipinski definition) is 4. The predicted molar refractivity (Wildman–Crippen MR) is 65.9 cm³/mol. The fourth-order valence-electron chi connectivity index (χ4n) is 1.59. The summed E-state index contributed by atoms with van der Waals surface area (Å²) in [6, 6.07) is 7.17. The third-order valence-corrected chi connectivity index (χ3v) is 2.83. The molecule has 0 bridgehead atoms. The van der Waals surface area contributed by atoms with Crippen molar-refractivity contribution in [3.8, 4) is 6.07 Å². The van der Waals surface area contributed by atoms with Crippen molar-refractivity contribution in [3.05, 3.63) is 33.9 Å². The lowest BCUT2D eigenvalue weighted by Crippen LogP contribution is -2.28. The molecule has 5 heteroatoms. The molecule has 5 nitrogen and oxygen atoms in total. The summed E-state index contributed by atoms with van der Waals surface area (Å²) in [6.07, 6.45) is 0.423. The summed E-state index contributed by atoms with van der Waals surface area (Å²) in [6.45, 7) is 3.66. The first-order valence-corrected chi connectivity index (χ1v) is 5.32. The van der Waals surface area contributed by atoms with E-state index >= 15 is 0 Å². The number of hydrogen-bond donors (Lipinski definition) is 0. The Bertz CT molecular complexity index is 465. The van der Waals surface area contributed by atoms with Crippen molar-refractivity contribution in [2.24, 2.45) is 0 Å². The zero-order chi connectivity index (χ0) is 13.0. The van der Waals surface area contributed by atoms with Crippen LogP contribution in [0.2, 0.25) is 0 Å². The van der Waals surface area contributed by atoms with E-state index in [9.17, 15) is 10.1 Å². The van der Waals surface area contributed by atoms with Gasteiger partial charge in [0.1, 0.15) is 0 Å². The Kier molecular flexibility index (Phi) is 4.05. The molecule has 0 fully saturated rings. The number of benzene rings is 1. The van der Waals surface area contributed by atoms with Crippen LogP contribution in [0.3, 0.4) is 0 Å². The Morgan fingerprint density at radius 3 is 2.71 bits per heavy atom. The van der Waals surface area contributed by atoms with E-state index in [0.29, 0.717) is 12.0 Å². The SMILES string of the molecule is Cc1cc(N(C)C(C)CC#N)ccc1[N+](=O)[O-]. The summed E-state index contributed by atoms with van der Waals surface area (Å²) < 4.78 is 0. The van der Waals surface area contributed by atoms with Gasteiger partial charge in [-0.2, -0.15) is 5.26 Å². The van der Waals surface area contributed by atoms with Crippen LogP contribution in [0, 0.1) is 28.4 Å². The van der Waals surface area contributed by atoms with Crippen LogP contribution in [0.5, 0.6) is 0 Å².